The second-order valence-electron chi connectivity index (χ2n) is 3.94. The van der Waals surface area contributed by atoms with Crippen molar-refractivity contribution in [3.63, 3.8) is 0 Å². The van der Waals surface area contributed by atoms with Gasteiger partial charge in [-0.05, 0) is 0 Å². The number of rotatable bonds is 3. The van der Waals surface area contributed by atoms with Crippen LogP contribution in [0, 0.1) is 11.8 Å². The van der Waals surface area contributed by atoms with Crippen molar-refractivity contribution in [1.29, 1.82) is 0 Å². The topological polar surface area (TPSA) is 66.8 Å². The summed E-state index contributed by atoms with van der Waals surface area (Å²) >= 11 is 0. The van der Waals surface area contributed by atoms with Gasteiger partial charge in [-0.2, -0.15) is 0 Å². The van der Waals surface area contributed by atoms with E-state index in [1.54, 1.807) is 4.90 Å². The van der Waals surface area contributed by atoms with Crippen LogP contribution in [0.4, 0.5) is 0 Å². The molecule has 14 heavy (non-hydrogen) atoms. The van der Waals surface area contributed by atoms with Gasteiger partial charge in [0.05, 0.1) is 19.1 Å². The molecule has 2 heterocycles. The summed E-state index contributed by atoms with van der Waals surface area (Å²) in [4.78, 5) is 23.6. The van der Waals surface area contributed by atoms with Crippen LogP contribution in [0.15, 0.2) is 0 Å². The van der Waals surface area contributed by atoms with E-state index >= 15 is 0 Å². The summed E-state index contributed by atoms with van der Waals surface area (Å²) in [5.74, 6) is -0.736. The van der Waals surface area contributed by atoms with Gasteiger partial charge in [0.15, 0.2) is 0 Å². The number of likely N-dealkylation sites (tertiary alicyclic amines) is 1. The van der Waals surface area contributed by atoms with Crippen molar-refractivity contribution in [2.24, 2.45) is 11.8 Å². The van der Waals surface area contributed by atoms with Crippen LogP contribution in [0.25, 0.3) is 0 Å². The summed E-state index contributed by atoms with van der Waals surface area (Å²) in [6.45, 7) is 2.09. The van der Waals surface area contributed by atoms with Gasteiger partial charge in [0.1, 0.15) is 0 Å². The zero-order valence-corrected chi connectivity index (χ0v) is 7.81. The van der Waals surface area contributed by atoms with E-state index in [2.05, 4.69) is 0 Å². The Morgan fingerprint density at radius 1 is 1.36 bits per heavy atom. The second-order valence-corrected chi connectivity index (χ2v) is 3.94. The highest BCUT2D eigenvalue weighted by atomic mass is 16.5. The van der Waals surface area contributed by atoms with Crippen molar-refractivity contribution in [2.75, 3.05) is 26.3 Å². The van der Waals surface area contributed by atoms with E-state index in [0.717, 1.165) is 0 Å². The molecule has 0 unspecified atom stereocenters. The van der Waals surface area contributed by atoms with Gasteiger partial charge in [-0.3, -0.25) is 9.59 Å². The smallest absolute Gasteiger partial charge is 0.310 e. The molecule has 2 fully saturated rings. The first-order valence-electron chi connectivity index (χ1n) is 4.75. The summed E-state index contributed by atoms with van der Waals surface area (Å²) in [6.07, 6.45) is 0.506. The lowest BCUT2D eigenvalue weighted by Gasteiger charge is -2.38. The molecular weight excluding hydrogens is 186 g/mol. The molecule has 5 nitrogen and oxygen atoms in total. The first-order chi connectivity index (χ1) is 6.66. The van der Waals surface area contributed by atoms with Gasteiger partial charge in [0, 0.05) is 25.4 Å². The minimum absolute atomic E-state index is 0.0656. The third kappa shape index (κ3) is 1.72. The Morgan fingerprint density at radius 2 is 2.00 bits per heavy atom. The first-order valence-corrected chi connectivity index (χ1v) is 4.75. The standard InChI is InChI=1S/C9H13NO4/c11-8(1-6-4-14-5-6)10-2-7(3-10)9(12)13/h6-7H,1-5H2,(H,12,13). The lowest BCUT2D eigenvalue weighted by molar-refractivity contribution is -0.154. The molecule has 0 aromatic carbocycles. The molecule has 1 N–H and O–H groups in total. The van der Waals surface area contributed by atoms with Crippen LogP contribution in [-0.2, 0) is 14.3 Å². The van der Waals surface area contributed by atoms with E-state index in [-0.39, 0.29) is 11.8 Å². The Kier molecular flexibility index (Phi) is 2.41. The van der Waals surface area contributed by atoms with Crippen molar-refractivity contribution in [3.8, 4) is 0 Å². The second kappa shape index (κ2) is 3.57. The Balaban J connectivity index is 1.70. The van der Waals surface area contributed by atoms with Gasteiger partial charge < -0.3 is 14.7 Å². The first kappa shape index (κ1) is 9.45. The summed E-state index contributed by atoms with van der Waals surface area (Å²) in [5.41, 5.74) is 0. The molecule has 0 radical (unpaired) electrons. The minimum atomic E-state index is -0.805. The molecule has 2 rings (SSSR count). The monoisotopic (exact) mass is 199 g/mol. The molecule has 2 aliphatic heterocycles. The largest absolute Gasteiger partial charge is 0.481 e. The van der Waals surface area contributed by atoms with E-state index in [9.17, 15) is 9.59 Å². The number of hydrogen-bond acceptors (Lipinski definition) is 3. The maximum atomic E-state index is 11.5. The van der Waals surface area contributed by atoms with Crippen LogP contribution in [0.3, 0.4) is 0 Å². The average Bonchev–Trinajstić information content (AvgIpc) is 1.93. The van der Waals surface area contributed by atoms with Gasteiger partial charge in [0.25, 0.3) is 0 Å². The van der Waals surface area contributed by atoms with Crippen molar-refractivity contribution < 1.29 is 19.4 Å². The van der Waals surface area contributed by atoms with Crippen LogP contribution in [0.1, 0.15) is 6.42 Å². The van der Waals surface area contributed by atoms with E-state index in [0.29, 0.717) is 38.6 Å². The van der Waals surface area contributed by atoms with Crippen LogP contribution in [-0.4, -0.2) is 48.2 Å². The number of carbonyl (C=O) groups excluding carboxylic acids is 1. The Bertz CT molecular complexity index is 256. The molecule has 2 aliphatic rings. The third-order valence-electron chi connectivity index (χ3n) is 2.75. The maximum absolute atomic E-state index is 11.5. The van der Waals surface area contributed by atoms with Crippen molar-refractivity contribution in [1.82, 2.24) is 4.90 Å². The third-order valence-corrected chi connectivity index (χ3v) is 2.75. The van der Waals surface area contributed by atoms with Gasteiger partial charge in [-0.1, -0.05) is 0 Å². The fourth-order valence-corrected chi connectivity index (χ4v) is 1.62. The number of ether oxygens (including phenoxy) is 1. The maximum Gasteiger partial charge on any atom is 0.310 e. The molecular formula is C9H13NO4. The predicted octanol–water partition coefficient (Wildman–Crippen LogP) is -0.434. The molecule has 5 heteroatoms. The van der Waals surface area contributed by atoms with E-state index in [1.807, 2.05) is 0 Å². The Morgan fingerprint density at radius 3 is 2.43 bits per heavy atom. The average molecular weight is 199 g/mol. The Hall–Kier alpha value is -1.10. The fourth-order valence-electron chi connectivity index (χ4n) is 1.62. The number of aliphatic carboxylic acids is 1. The normalized spacial score (nSPS) is 22.7. The molecule has 2 saturated heterocycles. The number of hydrogen-bond donors (Lipinski definition) is 1. The lowest BCUT2D eigenvalue weighted by Crippen LogP contribution is -2.53. The number of amides is 1. The highest BCUT2D eigenvalue weighted by Crippen LogP contribution is 2.21. The van der Waals surface area contributed by atoms with Crippen molar-refractivity contribution >= 4 is 11.9 Å². The molecule has 0 aliphatic carbocycles. The molecule has 0 aromatic rings. The van der Waals surface area contributed by atoms with E-state index in [4.69, 9.17) is 9.84 Å². The van der Waals surface area contributed by atoms with Gasteiger partial charge in [-0.25, -0.2) is 0 Å². The zero-order valence-electron chi connectivity index (χ0n) is 7.81. The highest BCUT2D eigenvalue weighted by molar-refractivity contribution is 5.81. The summed E-state index contributed by atoms with van der Waals surface area (Å²) < 4.78 is 4.96. The van der Waals surface area contributed by atoms with Gasteiger partial charge in [-0.15, -0.1) is 0 Å². The summed E-state index contributed by atoms with van der Waals surface area (Å²) in [7, 11) is 0. The number of nitrogens with zero attached hydrogens (tertiary/aromatic N) is 1. The highest BCUT2D eigenvalue weighted by Gasteiger charge is 2.36. The molecule has 0 saturated carbocycles. The molecule has 0 spiro atoms. The predicted molar refractivity (Wildman–Crippen MR) is 46.6 cm³/mol. The van der Waals surface area contributed by atoms with Gasteiger partial charge >= 0.3 is 5.97 Å². The van der Waals surface area contributed by atoms with Crippen LogP contribution < -0.4 is 0 Å². The number of carboxylic acid groups (broad SMARTS) is 1. The molecule has 0 aromatic heterocycles. The molecule has 0 atom stereocenters. The minimum Gasteiger partial charge on any atom is -0.481 e. The van der Waals surface area contributed by atoms with Gasteiger partial charge in [0.2, 0.25) is 5.91 Å². The zero-order chi connectivity index (χ0) is 10.1. The van der Waals surface area contributed by atoms with Crippen LogP contribution >= 0.6 is 0 Å². The van der Waals surface area contributed by atoms with Crippen LogP contribution in [0.5, 0.6) is 0 Å². The molecule has 0 bridgehead atoms. The van der Waals surface area contributed by atoms with Crippen molar-refractivity contribution in [2.45, 2.75) is 6.42 Å². The quantitative estimate of drug-likeness (QED) is 0.669. The van der Waals surface area contributed by atoms with E-state index < -0.39 is 5.97 Å². The molecule has 1 amide bonds. The van der Waals surface area contributed by atoms with Crippen molar-refractivity contribution in [3.05, 3.63) is 0 Å². The van der Waals surface area contributed by atoms with E-state index in [1.165, 1.54) is 0 Å². The fraction of sp³-hybridized carbons (Fsp3) is 0.778. The number of carbonyl (C=O) groups is 2. The molecule has 78 valence electrons. The number of carboxylic acids is 1. The SMILES string of the molecule is O=C(O)C1CN(C(=O)CC2COC2)C1. The Labute approximate surface area is 81.6 Å². The summed E-state index contributed by atoms with van der Waals surface area (Å²) in [6, 6.07) is 0. The lowest BCUT2D eigenvalue weighted by atomic mass is 9.97. The van der Waals surface area contributed by atoms with Crippen LogP contribution in [0.2, 0.25) is 0 Å². The summed E-state index contributed by atoms with van der Waals surface area (Å²) in [5, 5.41) is 8.61.